The van der Waals surface area contributed by atoms with Gasteiger partial charge in [-0.1, -0.05) is 12.1 Å². The molecule has 4 heterocycles. The average molecular weight is 469 g/mol. The normalized spacial score (nSPS) is 27.2. The molecular weight excluding hydrogens is 436 g/mol. The second-order valence-electron chi connectivity index (χ2n) is 10.8. The maximum atomic E-state index is 13.3. The summed E-state index contributed by atoms with van der Waals surface area (Å²) in [5.41, 5.74) is 1.82. The number of aromatic nitrogens is 2. The molecule has 5 rings (SSSR count). The van der Waals surface area contributed by atoms with E-state index in [1.165, 1.54) is 4.57 Å². The van der Waals surface area contributed by atoms with Crippen molar-refractivity contribution in [3.05, 3.63) is 34.2 Å². The van der Waals surface area contributed by atoms with Gasteiger partial charge in [-0.3, -0.25) is 24.0 Å². The molecule has 3 amide bonds. The van der Waals surface area contributed by atoms with Crippen molar-refractivity contribution in [1.29, 1.82) is 0 Å². The Bertz CT molecular complexity index is 1220. The number of ether oxygens (including phenoxy) is 1. The Morgan fingerprint density at radius 1 is 1.06 bits per heavy atom. The first-order valence-electron chi connectivity index (χ1n) is 12.1. The van der Waals surface area contributed by atoms with Crippen LogP contribution in [0.1, 0.15) is 76.8 Å². The number of carbonyl (C=O) groups is 3. The molecule has 1 N–H and O–H groups in total. The first kappa shape index (κ1) is 22.7. The van der Waals surface area contributed by atoms with Gasteiger partial charge < -0.3 is 9.64 Å². The average Bonchev–Trinajstić information content (AvgIpc) is 3.17. The molecule has 3 fully saturated rings. The summed E-state index contributed by atoms with van der Waals surface area (Å²) in [5, 5.41) is 2.36. The van der Waals surface area contributed by atoms with E-state index in [-0.39, 0.29) is 42.1 Å². The number of amides is 3. The van der Waals surface area contributed by atoms with E-state index in [0.29, 0.717) is 11.9 Å². The predicted molar refractivity (Wildman–Crippen MR) is 125 cm³/mol. The van der Waals surface area contributed by atoms with Crippen molar-refractivity contribution in [2.75, 3.05) is 0 Å². The van der Waals surface area contributed by atoms with Gasteiger partial charge in [-0.25, -0.2) is 9.59 Å². The summed E-state index contributed by atoms with van der Waals surface area (Å²) in [6.45, 7) is 5.65. The standard InChI is InChI=1S/C25H32N4O5/c1-25(2,3)34-24(33)28-15-8-9-16(28)13-14(12-15)17-6-5-7-18-21(17)27(4)23(32)29(18)19-10-11-20(30)26-22(19)31/h5-7,14-16,19H,8-13H2,1-4H3,(H,26,30,31)/t14?,15-,16+,19?. The van der Waals surface area contributed by atoms with Crippen molar-refractivity contribution in [3.63, 3.8) is 0 Å². The third-order valence-corrected chi connectivity index (χ3v) is 7.43. The summed E-state index contributed by atoms with van der Waals surface area (Å²) in [4.78, 5) is 52.2. The summed E-state index contributed by atoms with van der Waals surface area (Å²) in [6, 6.07) is 5.39. The number of imidazole rings is 1. The first-order chi connectivity index (χ1) is 16.0. The largest absolute Gasteiger partial charge is 0.444 e. The van der Waals surface area contributed by atoms with Gasteiger partial charge in [0.15, 0.2) is 0 Å². The van der Waals surface area contributed by atoms with Crippen LogP contribution in [0.15, 0.2) is 23.0 Å². The number of piperidine rings is 2. The van der Waals surface area contributed by atoms with Crippen LogP contribution in [0, 0.1) is 0 Å². The summed E-state index contributed by atoms with van der Waals surface area (Å²) in [6.07, 6.45) is 3.81. The molecule has 4 atom stereocenters. The van der Waals surface area contributed by atoms with Gasteiger partial charge in [-0.05, 0) is 70.4 Å². The zero-order valence-corrected chi connectivity index (χ0v) is 20.2. The zero-order valence-electron chi connectivity index (χ0n) is 20.2. The number of hydrogen-bond donors (Lipinski definition) is 1. The maximum Gasteiger partial charge on any atom is 0.410 e. The molecule has 9 heteroatoms. The van der Waals surface area contributed by atoms with E-state index in [9.17, 15) is 19.2 Å². The van der Waals surface area contributed by atoms with Gasteiger partial charge in [-0.15, -0.1) is 0 Å². The molecule has 0 aliphatic carbocycles. The Balaban J connectivity index is 1.48. The van der Waals surface area contributed by atoms with Crippen LogP contribution >= 0.6 is 0 Å². The third-order valence-electron chi connectivity index (χ3n) is 7.43. The van der Waals surface area contributed by atoms with E-state index in [1.54, 1.807) is 11.6 Å². The van der Waals surface area contributed by atoms with E-state index < -0.39 is 17.6 Å². The molecule has 9 nitrogen and oxygen atoms in total. The molecule has 34 heavy (non-hydrogen) atoms. The van der Waals surface area contributed by atoms with E-state index in [1.807, 2.05) is 37.8 Å². The number of benzene rings is 1. The van der Waals surface area contributed by atoms with Crippen molar-refractivity contribution in [2.24, 2.45) is 7.05 Å². The van der Waals surface area contributed by atoms with E-state index >= 15 is 0 Å². The number of nitrogens with one attached hydrogen (secondary N) is 1. The summed E-state index contributed by atoms with van der Waals surface area (Å²) >= 11 is 0. The van der Waals surface area contributed by atoms with E-state index in [4.69, 9.17) is 4.74 Å². The molecule has 2 unspecified atom stereocenters. The predicted octanol–water partition coefficient (Wildman–Crippen LogP) is 2.96. The van der Waals surface area contributed by atoms with E-state index in [0.717, 1.165) is 36.8 Å². The SMILES string of the molecule is Cn1c(=O)n(C2CCC(=O)NC2=O)c2cccc(C3C[C@H]4CC[C@@H](C3)N4C(=O)OC(C)(C)C)c21. The Kier molecular flexibility index (Phi) is 5.33. The number of nitrogens with zero attached hydrogens (tertiary/aromatic N) is 3. The Labute approximate surface area is 198 Å². The quantitative estimate of drug-likeness (QED) is 0.683. The van der Waals surface area contributed by atoms with Crippen LogP contribution in [0.3, 0.4) is 0 Å². The van der Waals surface area contributed by atoms with Gasteiger partial charge in [0.1, 0.15) is 11.6 Å². The number of hydrogen-bond acceptors (Lipinski definition) is 5. The number of rotatable bonds is 2. The third kappa shape index (κ3) is 3.71. The summed E-state index contributed by atoms with van der Waals surface area (Å²) < 4.78 is 8.82. The fourth-order valence-corrected chi connectivity index (χ4v) is 6.07. The highest BCUT2D eigenvalue weighted by atomic mass is 16.6. The number of fused-ring (bicyclic) bond motifs is 3. The van der Waals surface area contributed by atoms with Crippen molar-refractivity contribution in [3.8, 4) is 0 Å². The van der Waals surface area contributed by atoms with Gasteiger partial charge in [0, 0.05) is 25.6 Å². The second-order valence-corrected chi connectivity index (χ2v) is 10.8. The second kappa shape index (κ2) is 7.99. The minimum absolute atomic E-state index is 0.114. The lowest BCUT2D eigenvalue weighted by Crippen LogP contribution is -2.48. The monoisotopic (exact) mass is 468 g/mol. The molecule has 3 aliphatic rings. The zero-order chi connectivity index (χ0) is 24.4. The Hall–Kier alpha value is -3.10. The highest BCUT2D eigenvalue weighted by molar-refractivity contribution is 6.00. The molecule has 3 aliphatic heterocycles. The lowest BCUT2D eigenvalue weighted by atomic mass is 9.84. The van der Waals surface area contributed by atoms with Crippen molar-refractivity contribution in [1.82, 2.24) is 19.4 Å². The number of imide groups is 1. The number of para-hydroxylation sites is 1. The molecule has 0 radical (unpaired) electrons. The lowest BCUT2D eigenvalue weighted by Gasteiger charge is -2.39. The minimum atomic E-state index is -0.700. The van der Waals surface area contributed by atoms with Crippen LogP contribution in [0.2, 0.25) is 0 Å². The fourth-order valence-electron chi connectivity index (χ4n) is 6.07. The lowest BCUT2D eigenvalue weighted by molar-refractivity contribution is -0.135. The summed E-state index contributed by atoms with van der Waals surface area (Å²) in [5.74, 6) is -0.537. The molecule has 1 aromatic heterocycles. The molecule has 2 bridgehead atoms. The molecule has 0 saturated carbocycles. The van der Waals surface area contributed by atoms with Crippen LogP contribution in [0.4, 0.5) is 4.79 Å². The first-order valence-corrected chi connectivity index (χ1v) is 12.1. The van der Waals surface area contributed by atoms with Crippen LogP contribution in [-0.2, 0) is 21.4 Å². The van der Waals surface area contributed by atoms with Crippen LogP contribution in [0.25, 0.3) is 11.0 Å². The molecule has 3 saturated heterocycles. The van der Waals surface area contributed by atoms with Crippen molar-refractivity contribution in [2.45, 2.75) is 88.9 Å². The van der Waals surface area contributed by atoms with Gasteiger partial charge in [0.05, 0.1) is 11.0 Å². The van der Waals surface area contributed by atoms with Crippen molar-refractivity contribution >= 4 is 28.9 Å². The van der Waals surface area contributed by atoms with Crippen LogP contribution < -0.4 is 11.0 Å². The van der Waals surface area contributed by atoms with Gasteiger partial charge in [-0.2, -0.15) is 0 Å². The fraction of sp³-hybridized carbons (Fsp3) is 0.600. The smallest absolute Gasteiger partial charge is 0.410 e. The van der Waals surface area contributed by atoms with Gasteiger partial charge in [0.25, 0.3) is 0 Å². The Morgan fingerprint density at radius 2 is 1.74 bits per heavy atom. The summed E-state index contributed by atoms with van der Waals surface area (Å²) in [7, 11) is 1.74. The van der Waals surface area contributed by atoms with Crippen LogP contribution in [0.5, 0.6) is 0 Å². The topological polar surface area (TPSA) is 103 Å². The maximum absolute atomic E-state index is 13.3. The molecule has 0 spiro atoms. The number of aryl methyl sites for hydroxylation is 1. The van der Waals surface area contributed by atoms with Gasteiger partial charge in [0.2, 0.25) is 11.8 Å². The molecule has 182 valence electrons. The number of carbonyl (C=O) groups excluding carboxylic acids is 3. The van der Waals surface area contributed by atoms with Crippen LogP contribution in [-0.4, -0.2) is 49.6 Å². The van der Waals surface area contributed by atoms with Gasteiger partial charge >= 0.3 is 11.8 Å². The molecule has 1 aromatic carbocycles. The molecular formula is C25H32N4O5. The Morgan fingerprint density at radius 3 is 2.35 bits per heavy atom. The highest BCUT2D eigenvalue weighted by Crippen LogP contribution is 2.45. The minimum Gasteiger partial charge on any atom is -0.444 e. The van der Waals surface area contributed by atoms with Crippen molar-refractivity contribution < 1.29 is 19.1 Å². The van der Waals surface area contributed by atoms with E-state index in [2.05, 4.69) is 11.4 Å². The highest BCUT2D eigenvalue weighted by Gasteiger charge is 2.45. The molecule has 2 aromatic rings.